The first-order valence-corrected chi connectivity index (χ1v) is 7.10. The molecule has 0 aliphatic carbocycles. The fraction of sp³-hybridized carbons (Fsp3) is 0.133. The quantitative estimate of drug-likeness (QED) is 0.564. The van der Waals surface area contributed by atoms with E-state index in [0.29, 0.717) is 0 Å². The van der Waals surface area contributed by atoms with E-state index in [1.165, 1.54) is 18.3 Å². The molecule has 1 aromatic heterocycles. The van der Waals surface area contributed by atoms with Gasteiger partial charge in [0.15, 0.2) is 18.2 Å². The third-order valence-electron chi connectivity index (χ3n) is 2.93. The van der Waals surface area contributed by atoms with E-state index < -0.39 is 47.3 Å². The molecule has 0 aliphatic rings. The highest BCUT2D eigenvalue weighted by molar-refractivity contribution is 5.94. The number of benzene rings is 1. The van der Waals surface area contributed by atoms with Crippen LogP contribution in [-0.2, 0) is 9.59 Å². The maximum absolute atomic E-state index is 13.0. The minimum Gasteiger partial charge on any atom is -0.476 e. The number of anilines is 1. The third kappa shape index (κ3) is 5.19. The molecule has 0 radical (unpaired) electrons. The van der Waals surface area contributed by atoms with Crippen molar-refractivity contribution in [2.24, 2.45) is 0 Å². The summed E-state index contributed by atoms with van der Waals surface area (Å²) in [6.07, 6.45) is 1.20. The van der Waals surface area contributed by atoms with Crippen LogP contribution in [0.3, 0.4) is 0 Å². The number of nitrogens with zero attached hydrogens (tertiary/aromatic N) is 2. The number of nitrogens with one attached hydrogen (secondary N) is 2. The maximum atomic E-state index is 13.0. The van der Waals surface area contributed by atoms with E-state index in [1.807, 2.05) is 0 Å². The number of nitro groups is 1. The average molecular weight is 366 g/mol. The van der Waals surface area contributed by atoms with Crippen molar-refractivity contribution >= 4 is 23.3 Å². The van der Waals surface area contributed by atoms with Crippen molar-refractivity contribution in [3.8, 4) is 5.75 Å². The minimum atomic E-state index is -1.13. The molecule has 2 N–H and O–H groups in total. The number of pyridine rings is 1. The highest BCUT2D eigenvalue weighted by atomic mass is 19.2. The van der Waals surface area contributed by atoms with Crippen LogP contribution in [0.2, 0.25) is 0 Å². The number of ether oxygens (including phenoxy) is 1. The SMILES string of the molecule is O=C(COc1cccnc1[N+](=O)[O-])NCC(=O)Nc1ccc(F)c(F)c1. The summed E-state index contributed by atoms with van der Waals surface area (Å²) in [7, 11) is 0. The molecule has 1 heterocycles. The molecule has 11 heteroatoms. The number of hydrogen-bond donors (Lipinski definition) is 2. The Balaban J connectivity index is 1.80. The summed E-state index contributed by atoms with van der Waals surface area (Å²) in [6, 6.07) is 5.46. The van der Waals surface area contributed by atoms with Crippen molar-refractivity contribution in [1.29, 1.82) is 0 Å². The van der Waals surface area contributed by atoms with Crippen molar-refractivity contribution in [3.05, 3.63) is 58.3 Å². The van der Waals surface area contributed by atoms with Crippen LogP contribution in [0.15, 0.2) is 36.5 Å². The monoisotopic (exact) mass is 366 g/mol. The molecule has 2 amide bonds. The second-order valence-corrected chi connectivity index (χ2v) is 4.82. The van der Waals surface area contributed by atoms with Crippen LogP contribution < -0.4 is 15.4 Å². The van der Waals surface area contributed by atoms with E-state index in [0.717, 1.165) is 18.2 Å². The molecule has 0 unspecified atom stereocenters. The molecular weight excluding hydrogens is 354 g/mol. The van der Waals surface area contributed by atoms with Crippen LogP contribution in [0.1, 0.15) is 0 Å². The first kappa shape index (κ1) is 18.7. The Kier molecular flexibility index (Phi) is 6.09. The van der Waals surface area contributed by atoms with Gasteiger partial charge in [0.2, 0.25) is 11.7 Å². The Morgan fingerprint density at radius 1 is 1.19 bits per heavy atom. The van der Waals surface area contributed by atoms with Crippen molar-refractivity contribution in [2.45, 2.75) is 0 Å². The molecule has 2 rings (SSSR count). The summed E-state index contributed by atoms with van der Waals surface area (Å²) in [5.74, 6) is -4.33. The number of rotatable bonds is 7. The molecule has 0 saturated heterocycles. The van der Waals surface area contributed by atoms with Crippen molar-refractivity contribution in [2.75, 3.05) is 18.5 Å². The van der Waals surface area contributed by atoms with Gasteiger partial charge < -0.3 is 25.5 Å². The molecule has 1 aromatic carbocycles. The standard InChI is InChI=1S/C15H12F2N4O5/c16-10-4-3-9(6-11(10)17)20-13(22)7-19-14(23)8-26-12-2-1-5-18-15(12)21(24)25/h1-6H,7-8H2,(H,19,23)(H,20,22). The fourth-order valence-electron chi connectivity index (χ4n) is 1.78. The first-order chi connectivity index (χ1) is 12.4. The summed E-state index contributed by atoms with van der Waals surface area (Å²) < 4.78 is 30.8. The van der Waals surface area contributed by atoms with Crippen molar-refractivity contribution < 1.29 is 28.0 Å². The predicted molar refractivity (Wildman–Crippen MR) is 84.4 cm³/mol. The highest BCUT2D eigenvalue weighted by Gasteiger charge is 2.17. The molecule has 9 nitrogen and oxygen atoms in total. The van der Waals surface area contributed by atoms with Crippen LogP contribution >= 0.6 is 0 Å². The maximum Gasteiger partial charge on any atom is 0.406 e. The van der Waals surface area contributed by atoms with E-state index in [1.54, 1.807) is 0 Å². The molecule has 0 saturated carbocycles. The molecule has 0 spiro atoms. The fourth-order valence-corrected chi connectivity index (χ4v) is 1.78. The average Bonchev–Trinajstić information content (AvgIpc) is 2.61. The number of halogens is 2. The van der Waals surface area contributed by atoms with Crippen LogP contribution in [0.25, 0.3) is 0 Å². The van der Waals surface area contributed by atoms with Crippen molar-refractivity contribution in [3.63, 3.8) is 0 Å². The van der Waals surface area contributed by atoms with E-state index in [4.69, 9.17) is 4.74 Å². The number of amides is 2. The van der Waals surface area contributed by atoms with Crippen LogP contribution in [0.4, 0.5) is 20.3 Å². The van der Waals surface area contributed by atoms with E-state index in [9.17, 15) is 28.5 Å². The van der Waals surface area contributed by atoms with Gasteiger partial charge in [0.05, 0.1) is 6.54 Å². The molecular formula is C15H12F2N4O5. The van der Waals surface area contributed by atoms with Gasteiger partial charge in [-0.05, 0) is 34.2 Å². The van der Waals surface area contributed by atoms with Gasteiger partial charge in [0.25, 0.3) is 5.91 Å². The Labute approximate surface area is 145 Å². The number of carbonyl (C=O) groups is 2. The molecule has 0 bridgehead atoms. The molecule has 26 heavy (non-hydrogen) atoms. The van der Waals surface area contributed by atoms with Crippen molar-refractivity contribution in [1.82, 2.24) is 10.3 Å². The Morgan fingerprint density at radius 3 is 2.65 bits per heavy atom. The third-order valence-corrected chi connectivity index (χ3v) is 2.93. The lowest BCUT2D eigenvalue weighted by molar-refractivity contribution is -0.390. The Hall–Kier alpha value is -3.63. The van der Waals surface area contributed by atoms with Crippen LogP contribution in [0, 0.1) is 21.7 Å². The van der Waals surface area contributed by atoms with Gasteiger partial charge in [-0.3, -0.25) is 9.59 Å². The summed E-state index contributed by atoms with van der Waals surface area (Å²) in [5.41, 5.74) is 0.0189. The van der Waals surface area contributed by atoms with E-state index in [-0.39, 0.29) is 11.4 Å². The summed E-state index contributed by atoms with van der Waals surface area (Å²) >= 11 is 0. The lowest BCUT2D eigenvalue weighted by atomic mass is 10.3. The zero-order valence-electron chi connectivity index (χ0n) is 13.1. The summed E-state index contributed by atoms with van der Waals surface area (Å²) in [5, 5.41) is 15.2. The van der Waals surface area contributed by atoms with E-state index in [2.05, 4.69) is 15.6 Å². The lowest BCUT2D eigenvalue weighted by Gasteiger charge is -2.08. The lowest BCUT2D eigenvalue weighted by Crippen LogP contribution is -2.35. The van der Waals surface area contributed by atoms with Gasteiger partial charge in [-0.2, -0.15) is 0 Å². The Bertz CT molecular complexity index is 847. The number of hydrogen-bond acceptors (Lipinski definition) is 6. The van der Waals surface area contributed by atoms with Crippen LogP contribution in [0.5, 0.6) is 5.75 Å². The molecule has 2 aromatic rings. The Morgan fingerprint density at radius 2 is 1.96 bits per heavy atom. The summed E-state index contributed by atoms with van der Waals surface area (Å²) in [4.78, 5) is 36.8. The highest BCUT2D eigenvalue weighted by Crippen LogP contribution is 2.22. The van der Waals surface area contributed by atoms with Gasteiger partial charge in [0, 0.05) is 11.8 Å². The molecule has 136 valence electrons. The molecule has 0 aliphatic heterocycles. The van der Waals surface area contributed by atoms with Gasteiger partial charge in [0.1, 0.15) is 6.20 Å². The zero-order chi connectivity index (χ0) is 19.1. The second kappa shape index (κ2) is 8.46. The van der Waals surface area contributed by atoms with Gasteiger partial charge in [-0.15, -0.1) is 0 Å². The van der Waals surface area contributed by atoms with Gasteiger partial charge in [-0.25, -0.2) is 8.78 Å². The predicted octanol–water partition coefficient (Wildman–Crippen LogP) is 1.40. The topological polar surface area (TPSA) is 123 Å². The number of aromatic nitrogens is 1. The van der Waals surface area contributed by atoms with Gasteiger partial charge >= 0.3 is 5.82 Å². The number of carbonyl (C=O) groups excluding carboxylic acids is 2. The smallest absolute Gasteiger partial charge is 0.406 e. The molecule has 0 fully saturated rings. The molecule has 0 atom stereocenters. The normalized spacial score (nSPS) is 10.1. The van der Waals surface area contributed by atoms with Crippen LogP contribution in [-0.4, -0.2) is 34.9 Å². The largest absolute Gasteiger partial charge is 0.476 e. The zero-order valence-corrected chi connectivity index (χ0v) is 13.1. The second-order valence-electron chi connectivity index (χ2n) is 4.82. The minimum absolute atomic E-state index is 0.0189. The first-order valence-electron chi connectivity index (χ1n) is 7.10. The summed E-state index contributed by atoms with van der Waals surface area (Å²) in [6.45, 7) is -1.04. The van der Waals surface area contributed by atoms with Gasteiger partial charge in [-0.1, -0.05) is 0 Å². The van der Waals surface area contributed by atoms with E-state index >= 15 is 0 Å².